The molecule has 86 valence electrons. The lowest BCUT2D eigenvalue weighted by Crippen LogP contribution is -2.01. The molecule has 1 N–H and O–H groups in total. The molecule has 0 atom stereocenters. The van der Waals surface area contributed by atoms with E-state index >= 15 is 0 Å². The summed E-state index contributed by atoms with van der Waals surface area (Å²) in [4.78, 5) is 0. The molecule has 1 aromatic carbocycles. The highest BCUT2D eigenvalue weighted by atomic mass is 16.5. The maximum absolute atomic E-state index is 8.39. The molecule has 0 amide bonds. The van der Waals surface area contributed by atoms with Gasteiger partial charge in [-0.3, -0.25) is 0 Å². The maximum Gasteiger partial charge on any atom is 0.121 e. The third-order valence-corrected chi connectivity index (χ3v) is 2.19. The molecule has 1 rings (SSSR count). The number of nitrogens with zero attached hydrogens (tertiary/aromatic N) is 1. The number of nitrogens with one attached hydrogen (secondary N) is 1. The van der Waals surface area contributed by atoms with E-state index in [2.05, 4.69) is 11.4 Å². The van der Waals surface area contributed by atoms with Gasteiger partial charge < -0.3 is 10.1 Å². The van der Waals surface area contributed by atoms with E-state index in [1.54, 1.807) is 0 Å². The highest BCUT2D eigenvalue weighted by Crippen LogP contribution is 2.17. The van der Waals surface area contributed by atoms with Crippen molar-refractivity contribution in [2.45, 2.75) is 26.2 Å². The molecule has 0 saturated heterocycles. The second-order valence-electron chi connectivity index (χ2n) is 3.50. The minimum atomic E-state index is 0.640. The minimum Gasteiger partial charge on any atom is -0.494 e. The molecule has 16 heavy (non-hydrogen) atoms. The monoisotopic (exact) mass is 218 g/mol. The molecule has 0 fully saturated rings. The Bertz CT molecular complexity index is 344. The zero-order valence-corrected chi connectivity index (χ0v) is 9.70. The van der Waals surface area contributed by atoms with Crippen LogP contribution < -0.4 is 10.1 Å². The fourth-order valence-electron chi connectivity index (χ4n) is 1.42. The van der Waals surface area contributed by atoms with Crippen LogP contribution in [-0.2, 0) is 0 Å². The number of ether oxygens (including phenoxy) is 1. The number of hydrogen-bond acceptors (Lipinski definition) is 3. The van der Waals surface area contributed by atoms with Crippen LogP contribution in [0.2, 0.25) is 0 Å². The topological polar surface area (TPSA) is 45.0 Å². The van der Waals surface area contributed by atoms with Gasteiger partial charge in [-0.1, -0.05) is 6.07 Å². The summed E-state index contributed by atoms with van der Waals surface area (Å²) in [6.07, 6.45) is 2.61. The van der Waals surface area contributed by atoms with E-state index in [0.717, 1.165) is 30.8 Å². The van der Waals surface area contributed by atoms with Crippen molar-refractivity contribution < 1.29 is 4.74 Å². The van der Waals surface area contributed by atoms with Gasteiger partial charge in [0.2, 0.25) is 0 Å². The average Bonchev–Trinajstić information content (AvgIpc) is 2.30. The van der Waals surface area contributed by atoms with Gasteiger partial charge in [-0.25, -0.2) is 0 Å². The lowest BCUT2D eigenvalue weighted by molar-refractivity contribution is 0.340. The Morgan fingerprint density at radius 2 is 2.25 bits per heavy atom. The molecule has 1 aromatic rings. The number of rotatable bonds is 7. The Morgan fingerprint density at radius 1 is 1.38 bits per heavy atom. The molecular formula is C13H18N2O. The van der Waals surface area contributed by atoms with E-state index in [4.69, 9.17) is 10.00 Å². The van der Waals surface area contributed by atoms with Crippen LogP contribution >= 0.6 is 0 Å². The Morgan fingerprint density at radius 3 is 3.00 bits per heavy atom. The van der Waals surface area contributed by atoms with Crippen LogP contribution in [0, 0.1) is 11.3 Å². The first-order valence-electron chi connectivity index (χ1n) is 5.70. The van der Waals surface area contributed by atoms with Gasteiger partial charge in [-0.05, 0) is 31.9 Å². The Balaban J connectivity index is 2.30. The SMILES string of the molecule is CCOc1cccc(NCCCCC#N)c1. The molecule has 0 spiro atoms. The van der Waals surface area contributed by atoms with E-state index in [-0.39, 0.29) is 0 Å². The summed E-state index contributed by atoms with van der Waals surface area (Å²) >= 11 is 0. The van der Waals surface area contributed by atoms with Crippen molar-refractivity contribution in [2.24, 2.45) is 0 Å². The zero-order valence-electron chi connectivity index (χ0n) is 9.70. The van der Waals surface area contributed by atoms with Gasteiger partial charge in [0, 0.05) is 24.7 Å². The van der Waals surface area contributed by atoms with Crippen LogP contribution in [0.15, 0.2) is 24.3 Å². The summed E-state index contributed by atoms with van der Waals surface area (Å²) in [5, 5.41) is 11.7. The molecule has 0 aliphatic carbocycles. The molecule has 0 saturated carbocycles. The third-order valence-electron chi connectivity index (χ3n) is 2.19. The highest BCUT2D eigenvalue weighted by molar-refractivity contribution is 5.48. The predicted octanol–water partition coefficient (Wildman–Crippen LogP) is 3.19. The van der Waals surface area contributed by atoms with Crippen LogP contribution in [-0.4, -0.2) is 13.2 Å². The number of hydrogen-bond donors (Lipinski definition) is 1. The fourth-order valence-corrected chi connectivity index (χ4v) is 1.42. The van der Waals surface area contributed by atoms with E-state index in [1.807, 2.05) is 31.2 Å². The molecule has 3 heteroatoms. The van der Waals surface area contributed by atoms with Crippen molar-refractivity contribution in [1.29, 1.82) is 5.26 Å². The van der Waals surface area contributed by atoms with Gasteiger partial charge in [-0.15, -0.1) is 0 Å². The number of benzene rings is 1. The van der Waals surface area contributed by atoms with E-state index in [0.29, 0.717) is 13.0 Å². The number of anilines is 1. The summed E-state index contributed by atoms with van der Waals surface area (Å²) in [7, 11) is 0. The van der Waals surface area contributed by atoms with Crippen LogP contribution in [0.4, 0.5) is 5.69 Å². The molecular weight excluding hydrogens is 200 g/mol. The normalized spacial score (nSPS) is 9.50. The van der Waals surface area contributed by atoms with Gasteiger partial charge in [0.05, 0.1) is 12.7 Å². The lowest BCUT2D eigenvalue weighted by Gasteiger charge is -2.08. The summed E-state index contributed by atoms with van der Waals surface area (Å²) in [5.41, 5.74) is 1.07. The van der Waals surface area contributed by atoms with E-state index < -0.39 is 0 Å². The van der Waals surface area contributed by atoms with Crippen LogP contribution in [0.25, 0.3) is 0 Å². The highest BCUT2D eigenvalue weighted by Gasteiger charge is 1.95. The third kappa shape index (κ3) is 4.70. The van der Waals surface area contributed by atoms with Crippen molar-refractivity contribution >= 4 is 5.69 Å². The van der Waals surface area contributed by atoms with Crippen molar-refractivity contribution in [3.8, 4) is 11.8 Å². The maximum atomic E-state index is 8.39. The Hall–Kier alpha value is -1.69. The quantitative estimate of drug-likeness (QED) is 0.715. The molecule has 0 heterocycles. The Labute approximate surface area is 97.0 Å². The number of unbranched alkanes of at least 4 members (excludes halogenated alkanes) is 2. The van der Waals surface area contributed by atoms with Gasteiger partial charge in [-0.2, -0.15) is 5.26 Å². The van der Waals surface area contributed by atoms with Gasteiger partial charge in [0.1, 0.15) is 5.75 Å². The van der Waals surface area contributed by atoms with Gasteiger partial charge in [0.15, 0.2) is 0 Å². The molecule has 0 unspecified atom stereocenters. The second kappa shape index (κ2) is 7.58. The largest absolute Gasteiger partial charge is 0.494 e. The summed E-state index contributed by atoms with van der Waals surface area (Å²) in [6.45, 7) is 3.56. The average molecular weight is 218 g/mol. The molecule has 0 aliphatic rings. The molecule has 0 radical (unpaired) electrons. The summed E-state index contributed by atoms with van der Waals surface area (Å²) < 4.78 is 5.41. The number of nitriles is 1. The Kier molecular flexibility index (Phi) is 5.87. The predicted molar refractivity (Wildman–Crippen MR) is 65.6 cm³/mol. The van der Waals surface area contributed by atoms with Crippen LogP contribution in [0.1, 0.15) is 26.2 Å². The van der Waals surface area contributed by atoms with E-state index in [1.165, 1.54) is 0 Å². The van der Waals surface area contributed by atoms with Crippen LogP contribution in [0.3, 0.4) is 0 Å². The summed E-state index contributed by atoms with van der Waals surface area (Å²) in [5.74, 6) is 0.893. The molecule has 0 aliphatic heterocycles. The first-order chi connectivity index (χ1) is 7.86. The smallest absolute Gasteiger partial charge is 0.121 e. The van der Waals surface area contributed by atoms with Gasteiger partial charge >= 0.3 is 0 Å². The molecule has 0 bridgehead atoms. The van der Waals surface area contributed by atoms with Crippen molar-refractivity contribution in [3.63, 3.8) is 0 Å². The van der Waals surface area contributed by atoms with Crippen molar-refractivity contribution in [1.82, 2.24) is 0 Å². The standard InChI is InChI=1S/C13H18N2O/c1-2-16-13-8-6-7-12(11-13)15-10-5-3-4-9-14/h6-8,11,15H,2-5,10H2,1H3. The van der Waals surface area contributed by atoms with Crippen LogP contribution in [0.5, 0.6) is 5.75 Å². The first-order valence-corrected chi connectivity index (χ1v) is 5.70. The van der Waals surface area contributed by atoms with E-state index in [9.17, 15) is 0 Å². The molecule has 3 nitrogen and oxygen atoms in total. The van der Waals surface area contributed by atoms with Crippen molar-refractivity contribution in [2.75, 3.05) is 18.5 Å². The first kappa shape index (κ1) is 12.4. The minimum absolute atomic E-state index is 0.640. The van der Waals surface area contributed by atoms with Crippen molar-refractivity contribution in [3.05, 3.63) is 24.3 Å². The zero-order chi connectivity index (χ0) is 11.6. The lowest BCUT2D eigenvalue weighted by atomic mass is 10.2. The van der Waals surface area contributed by atoms with Gasteiger partial charge in [0.25, 0.3) is 0 Å². The second-order valence-corrected chi connectivity index (χ2v) is 3.50. The molecule has 0 aromatic heterocycles. The fraction of sp³-hybridized carbons (Fsp3) is 0.462. The summed E-state index contributed by atoms with van der Waals surface area (Å²) in [6, 6.07) is 10.1.